The second-order valence-corrected chi connectivity index (χ2v) is 9.31. The van der Waals surface area contributed by atoms with Gasteiger partial charge >= 0.3 is 6.18 Å². The van der Waals surface area contributed by atoms with E-state index in [4.69, 9.17) is 11.6 Å². The van der Waals surface area contributed by atoms with Crippen molar-refractivity contribution >= 4 is 33.0 Å². The third kappa shape index (κ3) is 4.75. The van der Waals surface area contributed by atoms with Crippen LogP contribution >= 0.6 is 22.9 Å². The summed E-state index contributed by atoms with van der Waals surface area (Å²) in [4.78, 5) is 0.709. The number of aryl methyl sites for hydroxylation is 1. The zero-order valence-electron chi connectivity index (χ0n) is 14.4. The van der Waals surface area contributed by atoms with Crippen LogP contribution in [0.1, 0.15) is 16.2 Å². The summed E-state index contributed by atoms with van der Waals surface area (Å²) in [5.74, 6) is -1.24. The number of halogens is 4. The fraction of sp³-hybridized carbons (Fsp3) is 0.235. The van der Waals surface area contributed by atoms with Gasteiger partial charge in [0, 0.05) is 22.5 Å². The number of hydrogen-bond acceptors (Lipinski definition) is 5. The van der Waals surface area contributed by atoms with Crippen molar-refractivity contribution in [2.45, 2.75) is 24.4 Å². The predicted molar refractivity (Wildman–Crippen MR) is 99.9 cm³/mol. The standard InChI is InChI=1S/C17H14ClF3N2O3S2/c1-10-15(9-14(27-10)13-8-16(26-23-13)17(19,20)21)28(24,25)22-7-6-11-2-4-12(18)5-3-11/h2-5,8-9,22H,6-7H2,1H3. The molecule has 0 amide bonds. The van der Waals surface area contributed by atoms with E-state index in [9.17, 15) is 21.6 Å². The Bertz CT molecular complexity index is 1070. The van der Waals surface area contributed by atoms with Crippen LogP contribution in [0.4, 0.5) is 13.2 Å². The van der Waals surface area contributed by atoms with E-state index in [1.807, 2.05) is 0 Å². The average Bonchev–Trinajstić information content (AvgIpc) is 3.23. The minimum atomic E-state index is -4.66. The maximum Gasteiger partial charge on any atom is 0.452 e. The van der Waals surface area contributed by atoms with Crippen molar-refractivity contribution in [2.75, 3.05) is 6.54 Å². The van der Waals surface area contributed by atoms with Gasteiger partial charge in [0.05, 0.1) is 9.77 Å². The molecule has 0 fully saturated rings. The molecule has 1 N–H and O–H groups in total. The summed E-state index contributed by atoms with van der Waals surface area (Å²) in [6, 6.07) is 9.07. The average molecular weight is 451 g/mol. The lowest BCUT2D eigenvalue weighted by Gasteiger charge is -2.06. The van der Waals surface area contributed by atoms with Crippen molar-refractivity contribution in [2.24, 2.45) is 0 Å². The van der Waals surface area contributed by atoms with Gasteiger partial charge in [0.2, 0.25) is 15.8 Å². The Hall–Kier alpha value is -1.88. The molecule has 0 aliphatic heterocycles. The van der Waals surface area contributed by atoms with Gasteiger partial charge < -0.3 is 4.52 Å². The van der Waals surface area contributed by atoms with Gasteiger partial charge in [-0.3, -0.25) is 0 Å². The molecule has 0 bridgehead atoms. The Morgan fingerprint density at radius 1 is 1.21 bits per heavy atom. The fourth-order valence-corrected chi connectivity index (χ4v) is 5.14. The summed E-state index contributed by atoms with van der Waals surface area (Å²) in [6.07, 6.45) is -4.19. The van der Waals surface area contributed by atoms with Crippen LogP contribution in [-0.2, 0) is 22.6 Å². The molecule has 28 heavy (non-hydrogen) atoms. The Morgan fingerprint density at radius 3 is 2.50 bits per heavy atom. The summed E-state index contributed by atoms with van der Waals surface area (Å²) < 4.78 is 69.9. The van der Waals surface area contributed by atoms with Gasteiger partial charge in [0.1, 0.15) is 5.69 Å². The lowest BCUT2D eigenvalue weighted by Crippen LogP contribution is -2.26. The van der Waals surface area contributed by atoms with Gasteiger partial charge in [-0.15, -0.1) is 11.3 Å². The number of nitrogens with zero attached hydrogens (tertiary/aromatic N) is 1. The second-order valence-electron chi connectivity index (χ2n) is 5.88. The molecule has 0 aliphatic rings. The monoisotopic (exact) mass is 450 g/mol. The smallest absolute Gasteiger partial charge is 0.351 e. The number of benzene rings is 1. The van der Waals surface area contributed by atoms with Crippen LogP contribution in [0.25, 0.3) is 10.6 Å². The highest BCUT2D eigenvalue weighted by atomic mass is 35.5. The molecule has 3 rings (SSSR count). The van der Waals surface area contributed by atoms with Crippen molar-refractivity contribution < 1.29 is 26.1 Å². The SMILES string of the molecule is Cc1sc(-c2cc(C(F)(F)F)on2)cc1S(=O)(=O)NCCc1ccc(Cl)cc1. The van der Waals surface area contributed by atoms with Crippen LogP contribution in [0.2, 0.25) is 5.02 Å². The van der Waals surface area contributed by atoms with Crippen LogP contribution in [0.15, 0.2) is 45.8 Å². The molecule has 2 aromatic heterocycles. The van der Waals surface area contributed by atoms with E-state index in [0.29, 0.717) is 16.3 Å². The molecule has 0 saturated carbocycles. The first kappa shape index (κ1) is 20.8. The minimum Gasteiger partial charge on any atom is -0.351 e. The maximum absolute atomic E-state index is 12.6. The predicted octanol–water partition coefficient (Wildman–Crippen LogP) is 4.90. The summed E-state index contributed by atoms with van der Waals surface area (Å²) >= 11 is 6.84. The quantitative estimate of drug-likeness (QED) is 0.579. The number of nitrogens with one attached hydrogen (secondary N) is 1. The molecule has 0 aliphatic carbocycles. The molecule has 0 unspecified atom stereocenters. The van der Waals surface area contributed by atoms with E-state index in [0.717, 1.165) is 23.0 Å². The molecule has 3 aromatic rings. The van der Waals surface area contributed by atoms with E-state index in [1.54, 1.807) is 31.2 Å². The van der Waals surface area contributed by atoms with Crippen LogP contribution in [-0.4, -0.2) is 20.1 Å². The molecular weight excluding hydrogens is 437 g/mol. The molecule has 0 spiro atoms. The fourth-order valence-electron chi connectivity index (χ4n) is 2.44. The third-order valence-electron chi connectivity index (χ3n) is 3.82. The number of aromatic nitrogens is 1. The van der Waals surface area contributed by atoms with E-state index in [2.05, 4.69) is 14.4 Å². The first-order valence-corrected chi connectivity index (χ1v) is 10.6. The van der Waals surface area contributed by atoms with Crippen molar-refractivity contribution in [1.82, 2.24) is 9.88 Å². The minimum absolute atomic E-state index is 0.000153. The molecule has 5 nitrogen and oxygen atoms in total. The first-order valence-electron chi connectivity index (χ1n) is 7.95. The van der Waals surface area contributed by atoms with E-state index in [1.165, 1.54) is 6.07 Å². The van der Waals surface area contributed by atoms with Crippen LogP contribution in [0, 0.1) is 6.92 Å². The molecule has 150 valence electrons. The summed E-state index contributed by atoms with van der Waals surface area (Å²) in [5, 5.41) is 3.98. The van der Waals surface area contributed by atoms with Crippen LogP contribution in [0.3, 0.4) is 0 Å². The van der Waals surface area contributed by atoms with Crippen LogP contribution < -0.4 is 4.72 Å². The number of hydrogen-bond donors (Lipinski definition) is 1. The van der Waals surface area contributed by atoms with Crippen molar-refractivity contribution in [3.8, 4) is 10.6 Å². The Kier molecular flexibility index (Phi) is 5.85. The normalized spacial score (nSPS) is 12.5. The first-order chi connectivity index (χ1) is 13.1. The number of thiophene rings is 1. The zero-order valence-corrected chi connectivity index (χ0v) is 16.8. The van der Waals surface area contributed by atoms with E-state index in [-0.39, 0.29) is 22.0 Å². The van der Waals surface area contributed by atoms with Crippen molar-refractivity contribution in [3.05, 3.63) is 57.6 Å². The highest BCUT2D eigenvalue weighted by molar-refractivity contribution is 7.89. The summed E-state index contributed by atoms with van der Waals surface area (Å²) in [6.45, 7) is 1.74. The van der Waals surface area contributed by atoms with Gasteiger partial charge in [-0.25, -0.2) is 13.1 Å². The number of alkyl halides is 3. The largest absolute Gasteiger partial charge is 0.452 e. The van der Waals surface area contributed by atoms with Gasteiger partial charge in [-0.2, -0.15) is 13.2 Å². The van der Waals surface area contributed by atoms with Gasteiger partial charge in [-0.05, 0) is 37.1 Å². The van der Waals surface area contributed by atoms with Crippen molar-refractivity contribution in [3.63, 3.8) is 0 Å². The molecule has 0 saturated heterocycles. The second kappa shape index (κ2) is 7.86. The van der Waals surface area contributed by atoms with Gasteiger partial charge in [-0.1, -0.05) is 28.9 Å². The maximum atomic E-state index is 12.6. The number of sulfonamides is 1. The zero-order chi connectivity index (χ0) is 20.5. The lowest BCUT2D eigenvalue weighted by molar-refractivity contribution is -0.155. The summed E-state index contributed by atoms with van der Waals surface area (Å²) in [7, 11) is -3.82. The third-order valence-corrected chi connectivity index (χ3v) is 6.86. The molecular formula is C17H14ClF3N2O3S2. The van der Waals surface area contributed by atoms with Crippen molar-refractivity contribution in [1.29, 1.82) is 0 Å². The molecule has 2 heterocycles. The van der Waals surface area contributed by atoms with E-state index >= 15 is 0 Å². The van der Waals surface area contributed by atoms with Crippen LogP contribution in [0.5, 0.6) is 0 Å². The highest BCUT2D eigenvalue weighted by Crippen LogP contribution is 2.36. The Morgan fingerprint density at radius 2 is 1.89 bits per heavy atom. The topological polar surface area (TPSA) is 72.2 Å². The molecule has 0 atom stereocenters. The van der Waals surface area contributed by atoms with E-state index < -0.39 is 22.0 Å². The highest BCUT2D eigenvalue weighted by Gasteiger charge is 2.36. The van der Waals surface area contributed by atoms with Gasteiger partial charge in [0.15, 0.2) is 0 Å². The molecule has 0 radical (unpaired) electrons. The summed E-state index contributed by atoms with van der Waals surface area (Å²) in [5.41, 5.74) is 0.847. The lowest BCUT2D eigenvalue weighted by atomic mass is 10.2. The Balaban J connectivity index is 1.73. The number of rotatable bonds is 6. The van der Waals surface area contributed by atoms with Gasteiger partial charge in [0.25, 0.3) is 0 Å². The molecule has 11 heteroatoms. The Labute approximate surface area is 168 Å². The molecule has 1 aromatic carbocycles.